The molecule has 0 amide bonds. The Labute approximate surface area is 78.2 Å². The van der Waals surface area contributed by atoms with Gasteiger partial charge in [0.05, 0.1) is 12.5 Å². The second kappa shape index (κ2) is 5.56. The Hall–Kier alpha value is -1.06. The van der Waals surface area contributed by atoms with Crippen molar-refractivity contribution in [1.82, 2.24) is 0 Å². The molecule has 1 atom stereocenters. The van der Waals surface area contributed by atoms with E-state index in [9.17, 15) is 9.59 Å². The van der Waals surface area contributed by atoms with Gasteiger partial charge in [0.25, 0.3) is 0 Å². The molecule has 0 aromatic carbocycles. The smallest absolute Gasteiger partial charge is 0.347 e. The molecule has 0 aromatic rings. The van der Waals surface area contributed by atoms with Crippen LogP contribution in [0.25, 0.3) is 0 Å². The third kappa shape index (κ3) is 5.22. The summed E-state index contributed by atoms with van der Waals surface area (Å²) in [6, 6.07) is 0. The van der Waals surface area contributed by atoms with Crippen molar-refractivity contribution >= 4 is 11.9 Å². The van der Waals surface area contributed by atoms with Crippen LogP contribution in [0.1, 0.15) is 27.7 Å². The fraction of sp³-hybridized carbons (Fsp3) is 0.667. The van der Waals surface area contributed by atoms with E-state index in [0.717, 1.165) is 0 Å². The van der Waals surface area contributed by atoms with Crippen LogP contribution in [0.4, 0.5) is 0 Å². The first kappa shape index (κ1) is 11.9. The average Bonchev–Trinajstić information content (AvgIpc) is 2.02. The Morgan fingerprint density at radius 1 is 1.15 bits per heavy atom. The van der Waals surface area contributed by atoms with Gasteiger partial charge in [-0.1, -0.05) is 6.92 Å². The van der Waals surface area contributed by atoms with Crippen molar-refractivity contribution in [2.24, 2.45) is 0 Å². The zero-order valence-electron chi connectivity index (χ0n) is 8.37. The molecule has 4 nitrogen and oxygen atoms in total. The molecule has 0 aliphatic heterocycles. The molecule has 0 aromatic heterocycles. The van der Waals surface area contributed by atoms with E-state index in [1.54, 1.807) is 20.8 Å². The number of esters is 2. The van der Waals surface area contributed by atoms with Crippen molar-refractivity contribution in [3.63, 3.8) is 0 Å². The van der Waals surface area contributed by atoms with E-state index in [4.69, 9.17) is 9.47 Å². The lowest BCUT2D eigenvalue weighted by Gasteiger charge is -2.13. The van der Waals surface area contributed by atoms with Crippen molar-refractivity contribution in [3.8, 4) is 0 Å². The molecule has 0 aliphatic rings. The van der Waals surface area contributed by atoms with Gasteiger partial charge in [-0.05, 0) is 20.8 Å². The zero-order chi connectivity index (χ0) is 10.4. The minimum atomic E-state index is -0.842. The molecule has 0 rings (SSSR count). The molecule has 1 radical (unpaired) electrons. The minimum absolute atomic E-state index is 0.195. The van der Waals surface area contributed by atoms with Crippen LogP contribution in [0.2, 0.25) is 0 Å². The highest BCUT2D eigenvalue weighted by molar-refractivity contribution is 5.83. The molecule has 0 N–H and O–H groups in total. The highest BCUT2D eigenvalue weighted by Crippen LogP contribution is 1.99. The average molecular weight is 187 g/mol. The van der Waals surface area contributed by atoms with Gasteiger partial charge in [0.1, 0.15) is 0 Å². The van der Waals surface area contributed by atoms with Crippen LogP contribution >= 0.6 is 0 Å². The lowest BCUT2D eigenvalue weighted by Crippen LogP contribution is -2.28. The Balaban J connectivity index is 3.89. The first-order valence-corrected chi connectivity index (χ1v) is 4.17. The molecule has 1 unspecified atom stereocenters. The molecule has 13 heavy (non-hydrogen) atoms. The van der Waals surface area contributed by atoms with Crippen LogP contribution < -0.4 is 0 Å². The Morgan fingerprint density at radius 3 is 2.08 bits per heavy atom. The van der Waals surface area contributed by atoms with Crippen LogP contribution in [0.5, 0.6) is 0 Å². The van der Waals surface area contributed by atoms with Gasteiger partial charge in [0.2, 0.25) is 0 Å². The molecule has 0 saturated heterocycles. The second-order valence-corrected chi connectivity index (χ2v) is 2.85. The molecule has 0 bridgehead atoms. The van der Waals surface area contributed by atoms with Crippen LogP contribution in [-0.4, -0.2) is 24.1 Å². The van der Waals surface area contributed by atoms with E-state index < -0.39 is 18.0 Å². The number of ether oxygens (including phenoxy) is 2. The minimum Gasteiger partial charge on any atom is -0.460 e. The summed E-state index contributed by atoms with van der Waals surface area (Å²) in [7, 11) is 0. The summed E-state index contributed by atoms with van der Waals surface area (Å²) in [5.41, 5.74) is 0. The summed E-state index contributed by atoms with van der Waals surface area (Å²) in [4.78, 5) is 21.8. The van der Waals surface area contributed by atoms with Crippen LogP contribution in [0, 0.1) is 6.42 Å². The topological polar surface area (TPSA) is 52.6 Å². The standard InChI is InChI=1S/C9H15O4/c1-5-8(10)13-7(4)9(11)12-6(2)3/h5-7H,1-4H3. The maximum Gasteiger partial charge on any atom is 0.347 e. The molecule has 4 heteroatoms. The van der Waals surface area contributed by atoms with E-state index >= 15 is 0 Å². The molecule has 0 spiro atoms. The molecule has 0 saturated carbocycles. The molecular weight excluding hydrogens is 172 g/mol. The van der Waals surface area contributed by atoms with Crippen molar-refractivity contribution < 1.29 is 19.1 Å². The second-order valence-electron chi connectivity index (χ2n) is 2.85. The van der Waals surface area contributed by atoms with E-state index in [1.807, 2.05) is 0 Å². The Bertz CT molecular complexity index is 186. The lowest BCUT2D eigenvalue weighted by molar-refractivity contribution is -0.167. The van der Waals surface area contributed by atoms with E-state index in [1.165, 1.54) is 13.3 Å². The third-order valence-corrected chi connectivity index (χ3v) is 1.21. The molecular formula is C9H15O4. The van der Waals surface area contributed by atoms with Gasteiger partial charge in [0, 0.05) is 0 Å². The highest BCUT2D eigenvalue weighted by Gasteiger charge is 2.19. The molecule has 0 fully saturated rings. The summed E-state index contributed by atoms with van der Waals surface area (Å²) in [5, 5.41) is 0. The fourth-order valence-corrected chi connectivity index (χ4v) is 0.619. The SMILES string of the molecule is C[CH]C(=O)OC(C)C(=O)OC(C)C. The van der Waals surface area contributed by atoms with Crippen molar-refractivity contribution in [2.45, 2.75) is 39.9 Å². The number of hydrogen-bond acceptors (Lipinski definition) is 4. The molecule has 75 valence electrons. The highest BCUT2D eigenvalue weighted by atomic mass is 16.6. The Morgan fingerprint density at radius 2 is 1.69 bits per heavy atom. The maximum absolute atomic E-state index is 11.1. The van der Waals surface area contributed by atoms with Crippen molar-refractivity contribution in [3.05, 3.63) is 6.42 Å². The number of rotatable bonds is 4. The number of carbonyl (C=O) groups is 2. The summed E-state index contributed by atoms with van der Waals surface area (Å²) in [6.45, 7) is 6.49. The van der Waals surface area contributed by atoms with E-state index in [-0.39, 0.29) is 6.10 Å². The molecule has 0 heterocycles. The van der Waals surface area contributed by atoms with Gasteiger partial charge in [-0.3, -0.25) is 4.79 Å². The zero-order valence-corrected chi connectivity index (χ0v) is 8.37. The number of hydrogen-bond donors (Lipinski definition) is 0. The third-order valence-electron chi connectivity index (χ3n) is 1.21. The summed E-state index contributed by atoms with van der Waals surface area (Å²) >= 11 is 0. The fourth-order valence-electron chi connectivity index (χ4n) is 0.619. The maximum atomic E-state index is 11.1. The van der Waals surface area contributed by atoms with Gasteiger partial charge in [0.15, 0.2) is 6.10 Å². The quantitative estimate of drug-likeness (QED) is 0.618. The van der Waals surface area contributed by atoms with Gasteiger partial charge in [-0.15, -0.1) is 0 Å². The Kier molecular flexibility index (Phi) is 5.11. The first-order valence-electron chi connectivity index (χ1n) is 4.17. The predicted octanol–water partition coefficient (Wildman–Crippen LogP) is 1.09. The number of carbonyl (C=O) groups excluding carboxylic acids is 2. The van der Waals surface area contributed by atoms with Crippen LogP contribution in [0.15, 0.2) is 0 Å². The van der Waals surface area contributed by atoms with Crippen molar-refractivity contribution in [1.29, 1.82) is 0 Å². The van der Waals surface area contributed by atoms with Gasteiger partial charge in [-0.25, -0.2) is 4.79 Å². The first-order chi connectivity index (χ1) is 5.97. The van der Waals surface area contributed by atoms with Crippen LogP contribution in [-0.2, 0) is 19.1 Å². The van der Waals surface area contributed by atoms with Gasteiger partial charge >= 0.3 is 11.9 Å². The molecule has 0 aliphatic carbocycles. The monoisotopic (exact) mass is 187 g/mol. The largest absolute Gasteiger partial charge is 0.460 e. The lowest BCUT2D eigenvalue weighted by atomic mass is 10.4. The predicted molar refractivity (Wildman–Crippen MR) is 46.8 cm³/mol. The van der Waals surface area contributed by atoms with Crippen molar-refractivity contribution in [2.75, 3.05) is 0 Å². The summed E-state index contributed by atoms with van der Waals surface area (Å²) in [5.74, 6) is -1.04. The van der Waals surface area contributed by atoms with Gasteiger partial charge in [-0.2, -0.15) is 0 Å². The normalized spacial score (nSPS) is 12.4. The van der Waals surface area contributed by atoms with E-state index in [0.29, 0.717) is 0 Å². The van der Waals surface area contributed by atoms with Crippen LogP contribution in [0.3, 0.4) is 0 Å². The van der Waals surface area contributed by atoms with Gasteiger partial charge < -0.3 is 9.47 Å². The summed E-state index contributed by atoms with van der Waals surface area (Å²) in [6.07, 6.45) is 0.212. The summed E-state index contributed by atoms with van der Waals surface area (Å²) < 4.78 is 9.52. The van der Waals surface area contributed by atoms with E-state index in [2.05, 4.69) is 0 Å².